The molecule has 354 valence electrons. The molecule has 0 bridgehead atoms. The van der Waals surface area contributed by atoms with Crippen molar-refractivity contribution in [3.05, 3.63) is 0 Å². The smallest absolute Gasteiger partial charge is 0.222 e. The molecule has 6 atom stereocenters. The summed E-state index contributed by atoms with van der Waals surface area (Å²) >= 11 is 0. The fourth-order valence-electron chi connectivity index (χ4n) is 9.66. The minimum absolute atomic E-state index is 0.223. The van der Waals surface area contributed by atoms with Gasteiger partial charge in [0, 0.05) is 38.0 Å². The molecule has 2 rings (SSSR count). The Morgan fingerprint density at radius 1 is 0.367 bits per heavy atom. The molecule has 6 nitrogen and oxygen atoms in total. The number of carbonyl (C=O) groups is 2. The second-order valence-corrected chi connectivity index (χ2v) is 19.7. The van der Waals surface area contributed by atoms with Crippen molar-refractivity contribution >= 4 is 11.8 Å². The van der Waals surface area contributed by atoms with Crippen molar-refractivity contribution in [2.45, 2.75) is 322 Å². The molecule has 0 N–H and O–H groups in total. The van der Waals surface area contributed by atoms with E-state index < -0.39 is 0 Å². The van der Waals surface area contributed by atoms with Crippen LogP contribution in [-0.2, 0) is 19.1 Å². The summed E-state index contributed by atoms with van der Waals surface area (Å²) in [6.45, 7) is 14.9. The van der Waals surface area contributed by atoms with Gasteiger partial charge in [0.2, 0.25) is 11.8 Å². The van der Waals surface area contributed by atoms with Crippen molar-refractivity contribution in [1.82, 2.24) is 9.80 Å². The fourth-order valence-corrected chi connectivity index (χ4v) is 9.66. The van der Waals surface area contributed by atoms with Crippen molar-refractivity contribution in [3.63, 3.8) is 0 Å². The molecular weight excluding hydrogens is 741 g/mol. The molecule has 0 aromatic rings. The van der Waals surface area contributed by atoms with Gasteiger partial charge in [-0.3, -0.25) is 9.59 Å². The fraction of sp³-hybridized carbons (Fsp3) is 0.963. The zero-order valence-electron chi connectivity index (χ0n) is 41.3. The van der Waals surface area contributed by atoms with E-state index in [4.69, 9.17) is 9.47 Å². The van der Waals surface area contributed by atoms with Crippen LogP contribution in [0.1, 0.15) is 286 Å². The van der Waals surface area contributed by atoms with Crippen molar-refractivity contribution in [1.29, 1.82) is 0 Å². The Morgan fingerprint density at radius 2 is 0.617 bits per heavy atom. The molecular formula is C54H104N2O4. The van der Waals surface area contributed by atoms with E-state index in [1.807, 2.05) is 0 Å². The van der Waals surface area contributed by atoms with Gasteiger partial charge in [-0.2, -0.15) is 0 Å². The lowest BCUT2D eigenvalue weighted by molar-refractivity contribution is -0.138. The summed E-state index contributed by atoms with van der Waals surface area (Å²) in [5.74, 6) is 0.602. The molecule has 6 unspecified atom stereocenters. The van der Waals surface area contributed by atoms with Crippen LogP contribution in [0, 0.1) is 0 Å². The highest BCUT2D eigenvalue weighted by Gasteiger charge is 2.37. The average Bonchev–Trinajstić information content (AvgIpc) is 4.18. The lowest BCUT2D eigenvalue weighted by Gasteiger charge is -2.35. The quantitative estimate of drug-likeness (QED) is 0.0452. The van der Waals surface area contributed by atoms with Crippen LogP contribution < -0.4 is 0 Å². The predicted molar refractivity (Wildman–Crippen MR) is 258 cm³/mol. The number of hydrogen-bond donors (Lipinski definition) is 0. The molecule has 2 heterocycles. The van der Waals surface area contributed by atoms with Gasteiger partial charge in [-0.25, -0.2) is 0 Å². The van der Waals surface area contributed by atoms with Crippen molar-refractivity contribution < 1.29 is 19.1 Å². The molecule has 2 amide bonds. The summed E-state index contributed by atoms with van der Waals surface area (Å²) in [5, 5.41) is 0. The maximum absolute atomic E-state index is 13.9. The third-order valence-corrected chi connectivity index (χ3v) is 14.1. The first-order chi connectivity index (χ1) is 29.4. The molecule has 2 aliphatic heterocycles. The first-order valence-electron chi connectivity index (χ1n) is 27.3. The van der Waals surface area contributed by atoms with Crippen molar-refractivity contribution in [3.8, 4) is 0 Å². The van der Waals surface area contributed by atoms with Gasteiger partial charge in [-0.1, -0.05) is 207 Å². The second-order valence-electron chi connectivity index (χ2n) is 19.7. The maximum atomic E-state index is 13.9. The van der Waals surface area contributed by atoms with Gasteiger partial charge < -0.3 is 19.3 Å². The topological polar surface area (TPSA) is 65.7 Å². The first-order valence-corrected chi connectivity index (χ1v) is 27.3. The van der Waals surface area contributed by atoms with E-state index in [-0.39, 0.29) is 12.1 Å². The lowest BCUT2D eigenvalue weighted by atomic mass is 10.0. The summed E-state index contributed by atoms with van der Waals surface area (Å²) in [4.78, 5) is 32.1. The van der Waals surface area contributed by atoms with Gasteiger partial charge >= 0.3 is 0 Å². The molecule has 0 aromatic carbocycles. The molecule has 0 radical (unpaired) electrons. The van der Waals surface area contributed by atoms with E-state index in [0.717, 1.165) is 38.5 Å². The Balaban J connectivity index is 1.75. The predicted octanol–water partition coefficient (Wildman–Crippen LogP) is 15.9. The highest BCUT2D eigenvalue weighted by atomic mass is 16.6. The van der Waals surface area contributed by atoms with Gasteiger partial charge in [0.25, 0.3) is 0 Å². The Kier molecular flexibility index (Phi) is 34.1. The Bertz CT molecular complexity index is 928. The van der Waals surface area contributed by atoms with E-state index in [2.05, 4.69) is 51.3 Å². The number of rotatable bonds is 45. The number of ether oxygens (including phenoxy) is 2. The average molecular weight is 845 g/mol. The molecule has 0 saturated carbocycles. The highest BCUT2D eigenvalue weighted by molar-refractivity contribution is 5.77. The monoisotopic (exact) mass is 845 g/mol. The number of carbonyl (C=O) groups excluding carboxylic acids is 2. The molecule has 60 heavy (non-hydrogen) atoms. The Morgan fingerprint density at radius 3 is 0.917 bits per heavy atom. The largest absolute Gasteiger partial charge is 0.370 e. The third-order valence-electron chi connectivity index (χ3n) is 14.1. The van der Waals surface area contributed by atoms with Crippen LogP contribution in [-0.4, -0.2) is 71.2 Å². The molecule has 6 heteroatoms. The van der Waals surface area contributed by atoms with E-state index in [1.54, 1.807) is 0 Å². The molecule has 0 aromatic heterocycles. The zero-order chi connectivity index (χ0) is 43.5. The number of nitrogens with zero attached hydrogens (tertiary/aromatic N) is 2. The third kappa shape index (κ3) is 27.8. The molecule has 2 saturated heterocycles. The standard InChI is InChI=1S/C54H104N2O4/c1-7-11-15-19-23-31-39-49-51(59-49)41-33-25-21-27-35-43-53(57)55(47(5)37-29-17-13-9-3)45-46-56(48(6)38-30-18-14-10-4)54(58)44-36-28-22-26-34-42-52-50(60-52)40-32-24-20-16-12-8-2/h47-52H,7-46H2,1-6H3. The summed E-state index contributed by atoms with van der Waals surface area (Å²) in [5.41, 5.74) is 0. The zero-order valence-corrected chi connectivity index (χ0v) is 41.3. The Hall–Kier alpha value is -1.14. The van der Waals surface area contributed by atoms with Crippen molar-refractivity contribution in [2.75, 3.05) is 13.1 Å². The minimum atomic E-state index is 0.223. The summed E-state index contributed by atoms with van der Waals surface area (Å²) < 4.78 is 12.0. The van der Waals surface area contributed by atoms with Crippen LogP contribution >= 0.6 is 0 Å². The normalized spacial score (nSPS) is 19.4. The summed E-state index contributed by atoms with van der Waals surface area (Å²) in [7, 11) is 0. The number of unbranched alkanes of at least 4 members (excludes halogenated alkanes) is 24. The summed E-state index contributed by atoms with van der Waals surface area (Å²) in [6, 6.07) is 0.446. The van der Waals surface area contributed by atoms with Crippen molar-refractivity contribution in [2.24, 2.45) is 0 Å². The van der Waals surface area contributed by atoms with E-state index in [1.165, 1.54) is 193 Å². The van der Waals surface area contributed by atoms with Crippen LogP contribution in [0.15, 0.2) is 0 Å². The van der Waals surface area contributed by atoms with E-state index in [0.29, 0.717) is 62.2 Å². The van der Waals surface area contributed by atoms with Gasteiger partial charge in [0.1, 0.15) is 0 Å². The van der Waals surface area contributed by atoms with Gasteiger partial charge in [-0.05, 0) is 65.2 Å². The molecule has 2 aliphatic rings. The maximum Gasteiger partial charge on any atom is 0.222 e. The Labute approximate surface area is 374 Å². The number of epoxide rings is 2. The van der Waals surface area contributed by atoms with Crippen LogP contribution in [0.5, 0.6) is 0 Å². The van der Waals surface area contributed by atoms with E-state index in [9.17, 15) is 9.59 Å². The number of hydrogen-bond acceptors (Lipinski definition) is 4. The second kappa shape index (κ2) is 37.3. The van der Waals surface area contributed by atoms with Crippen LogP contribution in [0.25, 0.3) is 0 Å². The first kappa shape index (κ1) is 55.0. The number of amides is 2. The van der Waals surface area contributed by atoms with Gasteiger partial charge in [0.15, 0.2) is 0 Å². The SMILES string of the molecule is CCCCCCCCC1OC1CCCCCCCC(=O)N(CCN(C(=O)CCCCCCCC1OC1CCCCCCCC)C(C)CCCCCC)C(C)CCCCCC. The van der Waals surface area contributed by atoms with Crippen LogP contribution in [0.2, 0.25) is 0 Å². The van der Waals surface area contributed by atoms with Gasteiger partial charge in [0.05, 0.1) is 24.4 Å². The molecule has 2 fully saturated rings. The lowest BCUT2D eigenvalue weighted by Crippen LogP contribution is -2.47. The highest BCUT2D eigenvalue weighted by Crippen LogP contribution is 2.33. The molecule has 0 spiro atoms. The van der Waals surface area contributed by atoms with E-state index >= 15 is 0 Å². The van der Waals surface area contributed by atoms with Crippen LogP contribution in [0.3, 0.4) is 0 Å². The minimum Gasteiger partial charge on any atom is -0.370 e. The van der Waals surface area contributed by atoms with Gasteiger partial charge in [-0.15, -0.1) is 0 Å². The molecule has 0 aliphatic carbocycles. The van der Waals surface area contributed by atoms with Crippen LogP contribution in [0.4, 0.5) is 0 Å². The summed E-state index contributed by atoms with van der Waals surface area (Å²) in [6.07, 6.45) is 48.2.